The van der Waals surface area contributed by atoms with Gasteiger partial charge in [0.05, 0.1) is 12.2 Å². The van der Waals surface area contributed by atoms with Gasteiger partial charge in [-0.1, -0.05) is 0 Å². The van der Waals surface area contributed by atoms with E-state index in [9.17, 15) is 0 Å². The Kier molecular flexibility index (Phi) is 3.36. The molecule has 2 heteroatoms. The van der Waals surface area contributed by atoms with Crippen LogP contribution in [0.25, 0.3) is 0 Å². The monoisotopic (exact) mass is 185 g/mol. The van der Waals surface area contributed by atoms with Gasteiger partial charge >= 0.3 is 0 Å². The zero-order valence-corrected chi connectivity index (χ0v) is 9.63. The number of hydrogen-bond donors (Lipinski definition) is 0. The standard InChI is InChI=1S/C11H23NO/c1-9-6-7-12(11(3,4)5)8-10(2)13-9/h9-10H,6-8H2,1-5H3/t9-,10+/m1/s1. The fraction of sp³-hybridized carbons (Fsp3) is 1.00. The first-order valence-electron chi connectivity index (χ1n) is 5.30. The molecule has 1 fully saturated rings. The Bertz CT molecular complexity index is 162. The summed E-state index contributed by atoms with van der Waals surface area (Å²) in [5, 5.41) is 0. The Hall–Kier alpha value is -0.0800. The molecule has 0 bridgehead atoms. The molecular weight excluding hydrogens is 162 g/mol. The van der Waals surface area contributed by atoms with Crippen molar-refractivity contribution in [2.45, 2.75) is 58.8 Å². The first-order chi connectivity index (χ1) is 5.89. The van der Waals surface area contributed by atoms with Crippen molar-refractivity contribution in [1.82, 2.24) is 4.90 Å². The lowest BCUT2D eigenvalue weighted by atomic mass is 10.1. The summed E-state index contributed by atoms with van der Waals surface area (Å²) in [6, 6.07) is 0. The topological polar surface area (TPSA) is 12.5 Å². The Morgan fingerprint density at radius 1 is 1.15 bits per heavy atom. The van der Waals surface area contributed by atoms with E-state index in [2.05, 4.69) is 39.5 Å². The van der Waals surface area contributed by atoms with Crippen LogP contribution in [0, 0.1) is 0 Å². The summed E-state index contributed by atoms with van der Waals surface area (Å²) in [5.74, 6) is 0. The molecule has 2 nitrogen and oxygen atoms in total. The molecule has 1 aliphatic heterocycles. The first kappa shape index (κ1) is 11.0. The molecule has 78 valence electrons. The highest BCUT2D eigenvalue weighted by Gasteiger charge is 2.26. The molecule has 0 aromatic heterocycles. The van der Waals surface area contributed by atoms with E-state index in [-0.39, 0.29) is 5.54 Å². The van der Waals surface area contributed by atoms with Crippen LogP contribution >= 0.6 is 0 Å². The largest absolute Gasteiger partial charge is 0.374 e. The third-order valence-corrected chi connectivity index (χ3v) is 2.70. The molecule has 0 amide bonds. The number of nitrogens with zero attached hydrogens (tertiary/aromatic N) is 1. The molecule has 0 N–H and O–H groups in total. The van der Waals surface area contributed by atoms with E-state index in [4.69, 9.17) is 4.74 Å². The Balaban J connectivity index is 2.58. The second kappa shape index (κ2) is 3.97. The molecule has 1 rings (SSSR count). The summed E-state index contributed by atoms with van der Waals surface area (Å²) in [6.45, 7) is 13.4. The van der Waals surface area contributed by atoms with Crippen LogP contribution in [-0.4, -0.2) is 35.7 Å². The molecule has 0 aromatic carbocycles. The maximum Gasteiger partial charge on any atom is 0.0677 e. The van der Waals surface area contributed by atoms with E-state index in [0.717, 1.165) is 19.5 Å². The predicted molar refractivity (Wildman–Crippen MR) is 56.0 cm³/mol. The summed E-state index contributed by atoms with van der Waals surface area (Å²) in [5.41, 5.74) is 0.279. The molecule has 0 radical (unpaired) electrons. The maximum absolute atomic E-state index is 5.79. The van der Waals surface area contributed by atoms with E-state index in [0.29, 0.717) is 12.2 Å². The van der Waals surface area contributed by atoms with Gasteiger partial charge in [0.15, 0.2) is 0 Å². The van der Waals surface area contributed by atoms with Gasteiger partial charge in [-0.3, -0.25) is 4.90 Å². The van der Waals surface area contributed by atoms with Gasteiger partial charge < -0.3 is 4.74 Å². The van der Waals surface area contributed by atoms with Crippen LogP contribution in [0.5, 0.6) is 0 Å². The number of hydrogen-bond acceptors (Lipinski definition) is 2. The second-order valence-electron chi connectivity index (χ2n) is 5.16. The lowest BCUT2D eigenvalue weighted by Gasteiger charge is -2.35. The normalized spacial score (nSPS) is 33.0. The average molecular weight is 185 g/mol. The van der Waals surface area contributed by atoms with Crippen LogP contribution in [-0.2, 0) is 4.74 Å². The van der Waals surface area contributed by atoms with Crippen molar-refractivity contribution in [3.8, 4) is 0 Å². The van der Waals surface area contributed by atoms with Crippen molar-refractivity contribution in [1.29, 1.82) is 0 Å². The van der Waals surface area contributed by atoms with Crippen molar-refractivity contribution in [2.24, 2.45) is 0 Å². The van der Waals surface area contributed by atoms with Crippen LogP contribution < -0.4 is 0 Å². The smallest absolute Gasteiger partial charge is 0.0677 e. The second-order valence-corrected chi connectivity index (χ2v) is 5.16. The Labute approximate surface area is 82.3 Å². The fourth-order valence-electron chi connectivity index (χ4n) is 1.86. The molecule has 0 saturated carbocycles. The minimum absolute atomic E-state index is 0.279. The van der Waals surface area contributed by atoms with Crippen LogP contribution in [0.3, 0.4) is 0 Å². The van der Waals surface area contributed by atoms with Crippen molar-refractivity contribution in [2.75, 3.05) is 13.1 Å². The Morgan fingerprint density at radius 3 is 2.31 bits per heavy atom. The van der Waals surface area contributed by atoms with Crippen molar-refractivity contribution >= 4 is 0 Å². The van der Waals surface area contributed by atoms with E-state index in [1.807, 2.05) is 0 Å². The molecule has 1 aliphatic rings. The summed E-state index contributed by atoms with van der Waals surface area (Å²) in [4.78, 5) is 2.52. The van der Waals surface area contributed by atoms with Gasteiger partial charge in [-0.15, -0.1) is 0 Å². The van der Waals surface area contributed by atoms with Crippen LogP contribution in [0.15, 0.2) is 0 Å². The van der Waals surface area contributed by atoms with Gasteiger partial charge in [0.25, 0.3) is 0 Å². The van der Waals surface area contributed by atoms with Crippen LogP contribution in [0.4, 0.5) is 0 Å². The molecule has 13 heavy (non-hydrogen) atoms. The zero-order valence-electron chi connectivity index (χ0n) is 9.63. The highest BCUT2D eigenvalue weighted by atomic mass is 16.5. The van der Waals surface area contributed by atoms with Gasteiger partial charge in [-0.2, -0.15) is 0 Å². The quantitative estimate of drug-likeness (QED) is 0.574. The maximum atomic E-state index is 5.79. The molecule has 1 heterocycles. The molecule has 0 spiro atoms. The van der Waals surface area contributed by atoms with Gasteiger partial charge in [0.1, 0.15) is 0 Å². The SMILES string of the molecule is C[C@@H]1CCN(C(C)(C)C)C[C@H](C)O1. The molecule has 0 aliphatic carbocycles. The molecular formula is C11H23NO. The van der Waals surface area contributed by atoms with Gasteiger partial charge in [0, 0.05) is 18.6 Å². The summed E-state index contributed by atoms with van der Waals surface area (Å²) in [7, 11) is 0. The zero-order chi connectivity index (χ0) is 10.1. The summed E-state index contributed by atoms with van der Waals surface area (Å²) < 4.78 is 5.79. The minimum Gasteiger partial charge on any atom is -0.374 e. The van der Waals surface area contributed by atoms with Crippen molar-refractivity contribution < 1.29 is 4.74 Å². The van der Waals surface area contributed by atoms with Gasteiger partial charge in [0.2, 0.25) is 0 Å². The molecule has 0 unspecified atom stereocenters. The third kappa shape index (κ3) is 3.28. The predicted octanol–water partition coefficient (Wildman–Crippen LogP) is 2.28. The number of ether oxygens (including phenoxy) is 1. The third-order valence-electron chi connectivity index (χ3n) is 2.70. The van der Waals surface area contributed by atoms with Crippen LogP contribution in [0.1, 0.15) is 41.0 Å². The minimum atomic E-state index is 0.279. The van der Waals surface area contributed by atoms with E-state index in [1.165, 1.54) is 0 Å². The lowest BCUT2D eigenvalue weighted by Crippen LogP contribution is -2.44. The fourth-order valence-corrected chi connectivity index (χ4v) is 1.86. The van der Waals surface area contributed by atoms with Gasteiger partial charge in [-0.25, -0.2) is 0 Å². The molecule has 1 saturated heterocycles. The highest BCUT2D eigenvalue weighted by Crippen LogP contribution is 2.19. The highest BCUT2D eigenvalue weighted by molar-refractivity contribution is 4.80. The molecule has 0 aromatic rings. The van der Waals surface area contributed by atoms with Crippen molar-refractivity contribution in [3.05, 3.63) is 0 Å². The number of rotatable bonds is 0. The summed E-state index contributed by atoms with van der Waals surface area (Å²) >= 11 is 0. The van der Waals surface area contributed by atoms with E-state index < -0.39 is 0 Å². The average Bonchev–Trinajstić information content (AvgIpc) is 2.09. The first-order valence-corrected chi connectivity index (χ1v) is 5.30. The van der Waals surface area contributed by atoms with Crippen LogP contribution in [0.2, 0.25) is 0 Å². The van der Waals surface area contributed by atoms with E-state index in [1.54, 1.807) is 0 Å². The van der Waals surface area contributed by atoms with E-state index >= 15 is 0 Å². The Morgan fingerprint density at radius 2 is 1.77 bits per heavy atom. The lowest BCUT2D eigenvalue weighted by molar-refractivity contribution is 0.00753. The van der Waals surface area contributed by atoms with Gasteiger partial charge in [-0.05, 0) is 41.0 Å². The summed E-state index contributed by atoms with van der Waals surface area (Å²) in [6.07, 6.45) is 1.95. The molecule has 2 atom stereocenters. The van der Waals surface area contributed by atoms with Crippen molar-refractivity contribution in [3.63, 3.8) is 0 Å².